The Labute approximate surface area is 115 Å². The predicted molar refractivity (Wildman–Crippen MR) is 70.7 cm³/mol. The molecule has 1 aliphatic heterocycles. The van der Waals surface area contributed by atoms with Crippen LogP contribution in [0.25, 0.3) is 0 Å². The lowest BCUT2D eigenvalue weighted by Crippen LogP contribution is -2.35. The van der Waals surface area contributed by atoms with Crippen LogP contribution in [0, 0.1) is 11.8 Å². The van der Waals surface area contributed by atoms with Crippen LogP contribution >= 0.6 is 11.3 Å². The molecule has 0 amide bonds. The van der Waals surface area contributed by atoms with Crippen molar-refractivity contribution in [2.75, 3.05) is 13.2 Å². The number of thiophene rings is 1. The van der Waals surface area contributed by atoms with Gasteiger partial charge in [0.25, 0.3) is 0 Å². The van der Waals surface area contributed by atoms with E-state index in [1.807, 2.05) is 11.4 Å². The maximum Gasteiger partial charge on any atom is 0.321 e. The van der Waals surface area contributed by atoms with E-state index < -0.39 is 18.1 Å². The molecule has 1 aromatic rings. The highest BCUT2D eigenvalue weighted by atomic mass is 32.1. The zero-order valence-corrected chi connectivity index (χ0v) is 11.1. The van der Waals surface area contributed by atoms with Crippen LogP contribution in [0.2, 0.25) is 0 Å². The number of β-amino-alcohol motifs (C(OH)–C–C–N with tert-alkyl or cyclic N) is 1. The Morgan fingerprint density at radius 1 is 1.58 bits per heavy atom. The number of aliphatic hydroxyl groups excluding tert-OH is 2. The van der Waals surface area contributed by atoms with Gasteiger partial charge in [0.2, 0.25) is 0 Å². The Bertz CT molecular complexity index is 516. The number of hydrogen-bond acceptors (Lipinski definition) is 5. The summed E-state index contributed by atoms with van der Waals surface area (Å²) in [7, 11) is 0. The number of carboxylic acids is 1. The van der Waals surface area contributed by atoms with Crippen LogP contribution in [-0.2, 0) is 11.3 Å². The van der Waals surface area contributed by atoms with E-state index in [0.717, 1.165) is 10.4 Å². The molecule has 102 valence electrons. The van der Waals surface area contributed by atoms with E-state index in [0.29, 0.717) is 13.1 Å². The quantitative estimate of drug-likeness (QED) is 0.685. The van der Waals surface area contributed by atoms with E-state index in [9.17, 15) is 9.90 Å². The Balaban J connectivity index is 2.04. The molecular formula is C13H15NO4S. The fourth-order valence-corrected chi connectivity index (χ4v) is 3.02. The van der Waals surface area contributed by atoms with Crippen molar-refractivity contribution in [3.05, 3.63) is 21.9 Å². The summed E-state index contributed by atoms with van der Waals surface area (Å²) in [5, 5.41) is 29.2. The zero-order chi connectivity index (χ0) is 13.8. The summed E-state index contributed by atoms with van der Waals surface area (Å²) in [6, 6.07) is 1.26. The van der Waals surface area contributed by atoms with Gasteiger partial charge in [-0.3, -0.25) is 9.69 Å². The predicted octanol–water partition coefficient (Wildman–Crippen LogP) is 0.112. The van der Waals surface area contributed by atoms with Crippen LogP contribution in [0.1, 0.15) is 16.9 Å². The van der Waals surface area contributed by atoms with Crippen LogP contribution in [0.3, 0.4) is 0 Å². The fraction of sp³-hybridized carbons (Fsp3) is 0.462. The molecule has 2 atom stereocenters. The van der Waals surface area contributed by atoms with Gasteiger partial charge in [0.1, 0.15) is 12.6 Å². The lowest BCUT2D eigenvalue weighted by atomic mass is 10.2. The monoisotopic (exact) mass is 281 g/mol. The maximum atomic E-state index is 11.1. The lowest BCUT2D eigenvalue weighted by molar-refractivity contribution is -0.142. The molecule has 0 aromatic carbocycles. The summed E-state index contributed by atoms with van der Waals surface area (Å²) in [4.78, 5) is 13.9. The Morgan fingerprint density at radius 3 is 3.05 bits per heavy atom. The first-order valence-electron chi connectivity index (χ1n) is 5.92. The van der Waals surface area contributed by atoms with E-state index in [1.54, 1.807) is 4.90 Å². The highest BCUT2D eigenvalue weighted by Crippen LogP contribution is 2.23. The van der Waals surface area contributed by atoms with Gasteiger partial charge in [-0.25, -0.2) is 0 Å². The summed E-state index contributed by atoms with van der Waals surface area (Å²) in [5.41, 5.74) is 0.820. The minimum Gasteiger partial charge on any atom is -0.480 e. The van der Waals surface area contributed by atoms with Crippen LogP contribution < -0.4 is 0 Å². The van der Waals surface area contributed by atoms with E-state index in [2.05, 4.69) is 11.8 Å². The molecule has 1 fully saturated rings. The van der Waals surface area contributed by atoms with Crippen molar-refractivity contribution >= 4 is 17.3 Å². The molecule has 0 bridgehead atoms. The van der Waals surface area contributed by atoms with Crippen molar-refractivity contribution < 1.29 is 20.1 Å². The van der Waals surface area contributed by atoms with Crippen molar-refractivity contribution in [1.29, 1.82) is 0 Å². The van der Waals surface area contributed by atoms with Gasteiger partial charge in [-0.15, -0.1) is 11.3 Å². The van der Waals surface area contributed by atoms with E-state index in [-0.39, 0.29) is 13.0 Å². The van der Waals surface area contributed by atoms with Crippen molar-refractivity contribution in [2.24, 2.45) is 0 Å². The number of hydrogen-bond donors (Lipinski definition) is 3. The van der Waals surface area contributed by atoms with Gasteiger partial charge in [-0.2, -0.15) is 0 Å². The summed E-state index contributed by atoms with van der Waals surface area (Å²) in [6.45, 7) is 0.705. The average molecular weight is 281 g/mol. The fourth-order valence-electron chi connectivity index (χ4n) is 2.18. The van der Waals surface area contributed by atoms with Gasteiger partial charge in [0.05, 0.1) is 6.10 Å². The number of aliphatic hydroxyl groups is 2. The summed E-state index contributed by atoms with van der Waals surface area (Å²) in [6.07, 6.45) is -0.299. The van der Waals surface area contributed by atoms with E-state index >= 15 is 0 Å². The molecule has 3 N–H and O–H groups in total. The molecular weight excluding hydrogens is 266 g/mol. The second-order valence-corrected chi connectivity index (χ2v) is 5.43. The molecule has 0 aliphatic carbocycles. The maximum absolute atomic E-state index is 11.1. The second kappa shape index (κ2) is 6.17. The molecule has 2 heterocycles. The van der Waals surface area contributed by atoms with Crippen LogP contribution in [0.15, 0.2) is 11.4 Å². The van der Waals surface area contributed by atoms with Gasteiger partial charge in [-0.1, -0.05) is 11.8 Å². The molecule has 0 radical (unpaired) electrons. The van der Waals surface area contributed by atoms with Crippen molar-refractivity contribution in [1.82, 2.24) is 4.90 Å². The van der Waals surface area contributed by atoms with Crippen LogP contribution in [0.5, 0.6) is 0 Å². The highest BCUT2D eigenvalue weighted by Gasteiger charge is 2.35. The first-order valence-corrected chi connectivity index (χ1v) is 6.80. The number of aliphatic carboxylic acids is 1. The topological polar surface area (TPSA) is 81.0 Å². The molecule has 1 aromatic heterocycles. The van der Waals surface area contributed by atoms with Crippen LogP contribution in [-0.4, -0.2) is 51.5 Å². The first kappa shape index (κ1) is 14.0. The largest absolute Gasteiger partial charge is 0.480 e. The molecule has 2 rings (SSSR count). The summed E-state index contributed by atoms with van der Waals surface area (Å²) in [5.74, 6) is 4.48. The third kappa shape index (κ3) is 3.55. The average Bonchev–Trinajstić information content (AvgIpc) is 2.94. The molecule has 0 unspecified atom stereocenters. The minimum absolute atomic E-state index is 0.176. The lowest BCUT2D eigenvalue weighted by Gasteiger charge is -2.19. The molecule has 0 saturated carbocycles. The summed E-state index contributed by atoms with van der Waals surface area (Å²) < 4.78 is 0. The third-order valence-corrected chi connectivity index (χ3v) is 3.91. The minimum atomic E-state index is -0.895. The number of likely N-dealkylation sites (tertiary alicyclic amines) is 1. The third-order valence-electron chi connectivity index (χ3n) is 2.99. The van der Waals surface area contributed by atoms with Gasteiger partial charge in [0.15, 0.2) is 0 Å². The first-order chi connectivity index (χ1) is 9.10. The number of rotatable bonds is 3. The Hall–Kier alpha value is -1.39. The number of carbonyl (C=O) groups is 1. The standard InChI is InChI=1S/C13H15NO4S/c15-3-1-2-9-4-11(19-8-9)7-14-6-10(16)5-12(14)13(17)18/h4,8,10,12,15-16H,3,5-7H2,(H,17,18)/t10-,12+/m1/s1. The molecule has 5 nitrogen and oxygen atoms in total. The van der Waals surface area contributed by atoms with Crippen molar-refractivity contribution in [2.45, 2.75) is 25.1 Å². The van der Waals surface area contributed by atoms with Crippen LogP contribution in [0.4, 0.5) is 0 Å². The second-order valence-electron chi connectivity index (χ2n) is 4.43. The highest BCUT2D eigenvalue weighted by molar-refractivity contribution is 7.10. The summed E-state index contributed by atoms with van der Waals surface area (Å²) >= 11 is 1.50. The molecule has 1 saturated heterocycles. The number of carboxylic acid groups (broad SMARTS) is 1. The van der Waals surface area contributed by atoms with Gasteiger partial charge in [-0.05, 0) is 6.07 Å². The zero-order valence-electron chi connectivity index (χ0n) is 10.2. The normalized spacial score (nSPS) is 23.1. The van der Waals surface area contributed by atoms with E-state index in [4.69, 9.17) is 10.2 Å². The van der Waals surface area contributed by atoms with Crippen molar-refractivity contribution in [3.63, 3.8) is 0 Å². The van der Waals surface area contributed by atoms with E-state index in [1.165, 1.54) is 11.3 Å². The number of nitrogens with zero attached hydrogens (tertiary/aromatic N) is 1. The SMILES string of the molecule is O=C(O)[C@@H]1C[C@@H](O)CN1Cc1cc(C#CCO)cs1. The molecule has 6 heteroatoms. The van der Waals surface area contributed by atoms with Gasteiger partial charge < -0.3 is 15.3 Å². The smallest absolute Gasteiger partial charge is 0.321 e. The van der Waals surface area contributed by atoms with Crippen molar-refractivity contribution in [3.8, 4) is 11.8 Å². The van der Waals surface area contributed by atoms with Gasteiger partial charge in [0, 0.05) is 35.3 Å². The molecule has 19 heavy (non-hydrogen) atoms. The Kier molecular flexibility index (Phi) is 4.56. The van der Waals surface area contributed by atoms with Gasteiger partial charge >= 0.3 is 5.97 Å². The Morgan fingerprint density at radius 2 is 2.37 bits per heavy atom. The molecule has 0 spiro atoms. The molecule has 1 aliphatic rings.